The third kappa shape index (κ3) is 2.47. The van der Waals surface area contributed by atoms with Crippen LogP contribution >= 0.6 is 0 Å². The third-order valence-corrected chi connectivity index (χ3v) is 2.14. The molecule has 0 aromatic heterocycles. The maximum Gasteiger partial charge on any atom is 0.340 e. The van der Waals surface area contributed by atoms with Gasteiger partial charge in [0.1, 0.15) is 5.75 Å². The molecule has 0 aliphatic rings. The van der Waals surface area contributed by atoms with E-state index in [0.29, 0.717) is 17.9 Å². The van der Waals surface area contributed by atoms with Gasteiger partial charge >= 0.3 is 5.97 Å². The lowest BCUT2D eigenvalue weighted by Gasteiger charge is -2.18. The summed E-state index contributed by atoms with van der Waals surface area (Å²) >= 11 is 0. The molecule has 2 N–H and O–H groups in total. The van der Waals surface area contributed by atoms with Crippen molar-refractivity contribution in [3.8, 4) is 5.75 Å². The molecule has 82 valence electrons. The molecule has 0 heterocycles. The highest BCUT2D eigenvalue weighted by Crippen LogP contribution is 2.23. The van der Waals surface area contributed by atoms with Gasteiger partial charge in [0.05, 0.1) is 6.61 Å². The van der Waals surface area contributed by atoms with E-state index in [1.807, 2.05) is 6.92 Å². The van der Waals surface area contributed by atoms with Crippen LogP contribution in [0.15, 0.2) is 24.3 Å². The van der Waals surface area contributed by atoms with Gasteiger partial charge < -0.3 is 14.9 Å². The summed E-state index contributed by atoms with van der Waals surface area (Å²) in [5.74, 6) is -0.617. The fourth-order valence-electron chi connectivity index (χ4n) is 1.17. The molecule has 0 spiro atoms. The summed E-state index contributed by atoms with van der Waals surface area (Å²) in [6.07, 6.45) is 0. The quantitative estimate of drug-likeness (QED) is 0.787. The van der Waals surface area contributed by atoms with Gasteiger partial charge in [-0.15, -0.1) is 0 Å². The maximum absolute atomic E-state index is 10.8. The zero-order valence-corrected chi connectivity index (χ0v) is 8.73. The Labute approximate surface area is 88.1 Å². The predicted octanol–water partition coefficient (Wildman–Crippen LogP) is 1.38. The van der Waals surface area contributed by atoms with Crippen molar-refractivity contribution >= 4 is 5.97 Å². The number of benzene rings is 1. The van der Waals surface area contributed by atoms with Crippen LogP contribution in [0.5, 0.6) is 5.75 Å². The first-order valence-corrected chi connectivity index (χ1v) is 4.67. The second-order valence-electron chi connectivity index (χ2n) is 3.33. The lowest BCUT2D eigenvalue weighted by atomic mass is 9.96. The van der Waals surface area contributed by atoms with Crippen LogP contribution in [0.3, 0.4) is 0 Å². The first kappa shape index (κ1) is 11.5. The van der Waals surface area contributed by atoms with Crippen molar-refractivity contribution in [2.24, 2.45) is 0 Å². The largest absolute Gasteiger partial charge is 0.494 e. The van der Waals surface area contributed by atoms with Crippen LogP contribution in [-0.4, -0.2) is 22.8 Å². The number of hydrogen-bond donors (Lipinski definition) is 2. The first-order chi connectivity index (χ1) is 6.98. The average molecular weight is 210 g/mol. The number of rotatable bonds is 4. The molecule has 1 aromatic rings. The van der Waals surface area contributed by atoms with Crippen LogP contribution in [0.2, 0.25) is 0 Å². The fraction of sp³-hybridized carbons (Fsp3) is 0.364. The first-order valence-electron chi connectivity index (χ1n) is 4.67. The monoisotopic (exact) mass is 210 g/mol. The zero-order valence-electron chi connectivity index (χ0n) is 8.73. The molecule has 1 rings (SSSR count). The van der Waals surface area contributed by atoms with Gasteiger partial charge in [-0.1, -0.05) is 12.1 Å². The van der Waals surface area contributed by atoms with Crippen molar-refractivity contribution in [2.45, 2.75) is 19.4 Å². The highest BCUT2D eigenvalue weighted by Gasteiger charge is 2.31. The molecule has 1 atom stereocenters. The highest BCUT2D eigenvalue weighted by atomic mass is 16.5. The standard InChI is InChI=1S/C11H14O4/c1-3-15-9-6-4-8(5-7-9)11(2,14)10(12)13/h4-7,14H,3H2,1-2H3,(H,12,13). The van der Waals surface area contributed by atoms with E-state index in [0.717, 1.165) is 0 Å². The Morgan fingerprint density at radius 1 is 1.40 bits per heavy atom. The molecular weight excluding hydrogens is 196 g/mol. The second-order valence-corrected chi connectivity index (χ2v) is 3.33. The fourth-order valence-corrected chi connectivity index (χ4v) is 1.17. The molecule has 1 unspecified atom stereocenters. The van der Waals surface area contributed by atoms with Crippen molar-refractivity contribution in [1.29, 1.82) is 0 Å². The maximum atomic E-state index is 10.8. The zero-order chi connectivity index (χ0) is 11.5. The Bertz CT molecular complexity index is 340. The van der Waals surface area contributed by atoms with E-state index >= 15 is 0 Å². The summed E-state index contributed by atoms with van der Waals surface area (Å²) in [5.41, 5.74) is -1.52. The predicted molar refractivity (Wildman–Crippen MR) is 54.8 cm³/mol. The van der Waals surface area contributed by atoms with Gasteiger partial charge in [0.25, 0.3) is 0 Å². The minimum Gasteiger partial charge on any atom is -0.494 e. The van der Waals surface area contributed by atoms with Crippen molar-refractivity contribution in [3.63, 3.8) is 0 Å². The Morgan fingerprint density at radius 3 is 2.33 bits per heavy atom. The number of carboxylic acids is 1. The Balaban J connectivity index is 2.93. The van der Waals surface area contributed by atoms with Crippen molar-refractivity contribution in [3.05, 3.63) is 29.8 Å². The second kappa shape index (κ2) is 4.31. The SMILES string of the molecule is CCOc1ccc(C(C)(O)C(=O)O)cc1. The van der Waals surface area contributed by atoms with E-state index in [-0.39, 0.29) is 0 Å². The van der Waals surface area contributed by atoms with Crippen LogP contribution in [0.1, 0.15) is 19.4 Å². The Kier molecular flexibility index (Phi) is 3.31. The van der Waals surface area contributed by atoms with Gasteiger partial charge in [-0.3, -0.25) is 0 Å². The van der Waals surface area contributed by atoms with Gasteiger partial charge in [0.2, 0.25) is 0 Å². The van der Waals surface area contributed by atoms with Gasteiger partial charge in [-0.05, 0) is 31.5 Å². The van der Waals surface area contributed by atoms with Crippen LogP contribution in [-0.2, 0) is 10.4 Å². The molecule has 0 amide bonds. The van der Waals surface area contributed by atoms with Gasteiger partial charge in [0.15, 0.2) is 5.60 Å². The molecule has 1 aromatic carbocycles. The topological polar surface area (TPSA) is 66.8 Å². The molecule has 0 bridgehead atoms. The number of aliphatic carboxylic acids is 1. The number of ether oxygens (including phenoxy) is 1. The van der Waals surface area contributed by atoms with Crippen LogP contribution < -0.4 is 4.74 Å². The van der Waals surface area contributed by atoms with E-state index in [1.54, 1.807) is 24.3 Å². The summed E-state index contributed by atoms with van der Waals surface area (Å²) in [6, 6.07) is 6.35. The molecule has 15 heavy (non-hydrogen) atoms. The molecular formula is C11H14O4. The normalized spacial score (nSPS) is 14.3. The minimum absolute atomic E-state index is 0.332. The van der Waals surface area contributed by atoms with Crippen LogP contribution in [0, 0.1) is 0 Å². The Hall–Kier alpha value is -1.55. The van der Waals surface area contributed by atoms with E-state index in [2.05, 4.69) is 0 Å². The number of carboxylic acid groups (broad SMARTS) is 1. The van der Waals surface area contributed by atoms with Gasteiger partial charge in [-0.2, -0.15) is 0 Å². The lowest BCUT2D eigenvalue weighted by molar-refractivity contribution is -0.157. The molecule has 0 radical (unpaired) electrons. The summed E-state index contributed by atoms with van der Waals surface area (Å²) in [5, 5.41) is 18.4. The molecule has 0 saturated carbocycles. The van der Waals surface area contributed by atoms with Crippen molar-refractivity contribution in [1.82, 2.24) is 0 Å². The summed E-state index contributed by atoms with van der Waals surface area (Å²) < 4.78 is 5.20. The van der Waals surface area contributed by atoms with E-state index < -0.39 is 11.6 Å². The third-order valence-electron chi connectivity index (χ3n) is 2.14. The summed E-state index contributed by atoms with van der Waals surface area (Å²) in [7, 11) is 0. The average Bonchev–Trinajstić information content (AvgIpc) is 2.19. The molecule has 0 fully saturated rings. The molecule has 0 aliphatic carbocycles. The van der Waals surface area contributed by atoms with Crippen LogP contribution in [0.4, 0.5) is 0 Å². The molecule has 0 aliphatic heterocycles. The smallest absolute Gasteiger partial charge is 0.340 e. The van der Waals surface area contributed by atoms with E-state index in [1.165, 1.54) is 6.92 Å². The van der Waals surface area contributed by atoms with Crippen LogP contribution in [0.25, 0.3) is 0 Å². The number of hydrogen-bond acceptors (Lipinski definition) is 3. The summed E-state index contributed by atoms with van der Waals surface area (Å²) in [6.45, 7) is 3.65. The molecule has 4 heteroatoms. The van der Waals surface area contributed by atoms with Gasteiger partial charge in [-0.25, -0.2) is 4.79 Å². The highest BCUT2D eigenvalue weighted by molar-refractivity contribution is 5.78. The lowest BCUT2D eigenvalue weighted by Crippen LogP contribution is -2.31. The Morgan fingerprint density at radius 2 is 1.93 bits per heavy atom. The minimum atomic E-state index is -1.86. The van der Waals surface area contributed by atoms with Crippen molar-refractivity contribution < 1.29 is 19.7 Å². The molecule has 4 nitrogen and oxygen atoms in total. The summed E-state index contributed by atoms with van der Waals surface area (Å²) in [4.78, 5) is 10.8. The number of carbonyl (C=O) groups is 1. The van der Waals surface area contributed by atoms with Crippen molar-refractivity contribution in [2.75, 3.05) is 6.61 Å². The van der Waals surface area contributed by atoms with E-state index in [9.17, 15) is 9.90 Å². The van der Waals surface area contributed by atoms with Gasteiger partial charge in [0, 0.05) is 0 Å². The van der Waals surface area contributed by atoms with E-state index in [4.69, 9.17) is 9.84 Å². The number of aliphatic hydroxyl groups is 1. The molecule has 0 saturated heterocycles.